The predicted octanol–water partition coefficient (Wildman–Crippen LogP) is 1.82. The number of amides is 1. The smallest absolute Gasteiger partial charge is 0.298 e. The fourth-order valence-electron chi connectivity index (χ4n) is 3.18. The van der Waals surface area contributed by atoms with Gasteiger partial charge in [0, 0.05) is 37.6 Å². The Labute approximate surface area is 180 Å². The van der Waals surface area contributed by atoms with Crippen molar-refractivity contribution in [3.63, 3.8) is 0 Å². The van der Waals surface area contributed by atoms with Crippen LogP contribution in [0.25, 0.3) is 5.69 Å². The Morgan fingerprint density at radius 1 is 1.23 bits per heavy atom. The van der Waals surface area contributed by atoms with E-state index in [0.29, 0.717) is 30.0 Å². The van der Waals surface area contributed by atoms with E-state index in [0.717, 1.165) is 11.1 Å². The number of phenols is 1. The molecule has 0 bridgehead atoms. The Morgan fingerprint density at radius 2 is 1.94 bits per heavy atom. The van der Waals surface area contributed by atoms with Gasteiger partial charge in [0.1, 0.15) is 11.6 Å². The fraction of sp³-hybridized carbons (Fsp3) is 0.273. The third-order valence-corrected chi connectivity index (χ3v) is 4.88. The van der Waals surface area contributed by atoms with Crippen LogP contribution in [0, 0.1) is 13.8 Å². The third kappa shape index (κ3) is 5.19. The first kappa shape index (κ1) is 21.8. The number of nitrogens with two attached hydrogens (primary N) is 1. The molecule has 0 aliphatic rings. The second kappa shape index (κ2) is 9.29. The van der Waals surface area contributed by atoms with Crippen LogP contribution in [0.15, 0.2) is 41.3 Å². The van der Waals surface area contributed by atoms with E-state index in [1.54, 1.807) is 38.2 Å². The minimum Gasteiger partial charge on any atom is -0.508 e. The van der Waals surface area contributed by atoms with Gasteiger partial charge in [0.15, 0.2) is 5.82 Å². The molecule has 0 aliphatic heterocycles. The average Bonchev–Trinajstić information content (AvgIpc) is 2.71. The molecule has 1 amide bonds. The topological polar surface area (TPSA) is 135 Å². The predicted molar refractivity (Wildman–Crippen MR) is 119 cm³/mol. The molecule has 5 N–H and O–H groups in total. The quantitative estimate of drug-likeness (QED) is 0.456. The van der Waals surface area contributed by atoms with Gasteiger partial charge in [-0.2, -0.15) is 0 Å². The Morgan fingerprint density at radius 3 is 2.61 bits per heavy atom. The number of carbonyl (C=O) groups is 1. The summed E-state index contributed by atoms with van der Waals surface area (Å²) in [5.41, 5.74) is 9.32. The molecule has 3 aromatic rings. The molecular formula is C22H26N6O3. The Balaban J connectivity index is 1.88. The van der Waals surface area contributed by atoms with Crippen LogP contribution in [0.3, 0.4) is 0 Å². The van der Waals surface area contributed by atoms with E-state index in [9.17, 15) is 14.7 Å². The molecule has 0 aliphatic carbocycles. The number of aromatic hydroxyl groups is 1. The first-order valence-electron chi connectivity index (χ1n) is 9.87. The molecule has 0 spiro atoms. The summed E-state index contributed by atoms with van der Waals surface area (Å²) in [6.07, 6.45) is 2.25. The molecule has 0 saturated carbocycles. The molecule has 2 aromatic heterocycles. The molecule has 0 unspecified atom stereocenters. The molecule has 3 rings (SSSR count). The zero-order valence-electron chi connectivity index (χ0n) is 17.8. The van der Waals surface area contributed by atoms with E-state index < -0.39 is 0 Å². The largest absolute Gasteiger partial charge is 0.508 e. The normalized spacial score (nSPS) is 10.7. The second-order valence-electron chi connectivity index (χ2n) is 7.28. The maximum absolute atomic E-state index is 13.1. The van der Waals surface area contributed by atoms with Gasteiger partial charge in [0.2, 0.25) is 5.91 Å². The summed E-state index contributed by atoms with van der Waals surface area (Å²) in [5, 5.41) is 15.2. The van der Waals surface area contributed by atoms with Crippen LogP contribution in [-0.2, 0) is 17.8 Å². The molecule has 9 heteroatoms. The number of anilines is 2. The highest BCUT2D eigenvalue weighted by Gasteiger charge is 2.15. The molecule has 31 heavy (non-hydrogen) atoms. The van der Waals surface area contributed by atoms with Gasteiger partial charge in [-0.1, -0.05) is 12.1 Å². The molecule has 2 heterocycles. The summed E-state index contributed by atoms with van der Waals surface area (Å²) in [6, 6.07) is 8.67. The highest BCUT2D eigenvalue weighted by molar-refractivity contribution is 5.73. The lowest BCUT2D eigenvalue weighted by Crippen LogP contribution is -2.27. The number of nitrogen functional groups attached to an aromatic ring is 1. The summed E-state index contributed by atoms with van der Waals surface area (Å²) >= 11 is 0. The summed E-state index contributed by atoms with van der Waals surface area (Å²) in [7, 11) is 0. The average molecular weight is 422 g/mol. The molecular weight excluding hydrogens is 396 g/mol. The standard InChI is InChI=1S/C22H26N6O3/c1-13-11-26-21(24-9-8-16-4-6-18(30)7-5-16)22(31)28(13)19-10-17(12-25-15(3)29)14(2)27-20(19)23/h4-7,10-11,30H,8-9,12H2,1-3H3,(H2,23,27)(H,24,26)(H,25,29). The maximum Gasteiger partial charge on any atom is 0.298 e. The zero-order valence-corrected chi connectivity index (χ0v) is 17.8. The van der Waals surface area contributed by atoms with Crippen molar-refractivity contribution in [1.82, 2.24) is 19.9 Å². The van der Waals surface area contributed by atoms with Crippen molar-refractivity contribution in [3.05, 3.63) is 69.4 Å². The highest BCUT2D eigenvalue weighted by atomic mass is 16.3. The van der Waals surface area contributed by atoms with E-state index in [2.05, 4.69) is 20.6 Å². The van der Waals surface area contributed by atoms with E-state index in [-0.39, 0.29) is 35.4 Å². The first-order valence-corrected chi connectivity index (χ1v) is 9.87. The van der Waals surface area contributed by atoms with Gasteiger partial charge < -0.3 is 21.5 Å². The van der Waals surface area contributed by atoms with Crippen molar-refractivity contribution in [2.24, 2.45) is 0 Å². The van der Waals surface area contributed by atoms with Crippen LogP contribution >= 0.6 is 0 Å². The number of aromatic nitrogens is 3. The van der Waals surface area contributed by atoms with Crippen LogP contribution in [0.5, 0.6) is 5.75 Å². The fourth-order valence-corrected chi connectivity index (χ4v) is 3.18. The molecule has 0 saturated heterocycles. The van der Waals surface area contributed by atoms with Crippen molar-refractivity contribution in [1.29, 1.82) is 0 Å². The van der Waals surface area contributed by atoms with Gasteiger partial charge in [-0.15, -0.1) is 0 Å². The van der Waals surface area contributed by atoms with Crippen LogP contribution in [-0.4, -0.2) is 32.1 Å². The van der Waals surface area contributed by atoms with Gasteiger partial charge in [0.25, 0.3) is 5.56 Å². The zero-order chi connectivity index (χ0) is 22.5. The molecule has 0 radical (unpaired) electrons. The number of benzene rings is 1. The molecule has 9 nitrogen and oxygen atoms in total. The lowest BCUT2D eigenvalue weighted by atomic mass is 10.1. The number of hydrogen-bond acceptors (Lipinski definition) is 7. The lowest BCUT2D eigenvalue weighted by molar-refractivity contribution is -0.119. The number of phenolic OH excluding ortho intramolecular Hbond substituents is 1. The first-order chi connectivity index (χ1) is 14.8. The van der Waals surface area contributed by atoms with E-state index in [1.165, 1.54) is 11.5 Å². The van der Waals surface area contributed by atoms with Crippen molar-refractivity contribution in [2.75, 3.05) is 17.6 Å². The number of rotatable bonds is 7. The highest BCUT2D eigenvalue weighted by Crippen LogP contribution is 2.20. The number of pyridine rings is 1. The van der Waals surface area contributed by atoms with E-state index >= 15 is 0 Å². The van der Waals surface area contributed by atoms with Crippen molar-refractivity contribution >= 4 is 17.5 Å². The van der Waals surface area contributed by atoms with Crippen molar-refractivity contribution < 1.29 is 9.90 Å². The number of hydrogen-bond donors (Lipinski definition) is 4. The summed E-state index contributed by atoms with van der Waals surface area (Å²) in [6.45, 7) is 5.79. The van der Waals surface area contributed by atoms with Crippen LogP contribution in [0.4, 0.5) is 11.6 Å². The van der Waals surface area contributed by atoms with Crippen molar-refractivity contribution in [2.45, 2.75) is 33.7 Å². The van der Waals surface area contributed by atoms with E-state index in [1.807, 2.05) is 12.1 Å². The van der Waals surface area contributed by atoms with Gasteiger partial charge in [-0.3, -0.25) is 14.2 Å². The number of carbonyl (C=O) groups excluding carboxylic acids is 1. The van der Waals surface area contributed by atoms with Gasteiger partial charge in [-0.05, 0) is 49.6 Å². The number of nitrogens with zero attached hydrogens (tertiary/aromatic N) is 3. The molecule has 0 fully saturated rings. The van der Waals surface area contributed by atoms with E-state index in [4.69, 9.17) is 5.73 Å². The number of nitrogens with one attached hydrogen (secondary N) is 2. The Kier molecular flexibility index (Phi) is 6.54. The van der Waals surface area contributed by atoms with Gasteiger partial charge >= 0.3 is 0 Å². The Bertz CT molecular complexity index is 1160. The SMILES string of the molecule is CC(=O)NCc1cc(-n2c(C)cnc(NCCc3ccc(O)cc3)c2=O)c(N)nc1C. The molecule has 1 aromatic carbocycles. The summed E-state index contributed by atoms with van der Waals surface area (Å²) < 4.78 is 1.47. The van der Waals surface area contributed by atoms with Crippen molar-refractivity contribution in [3.8, 4) is 11.4 Å². The van der Waals surface area contributed by atoms with Crippen LogP contribution in [0.1, 0.15) is 29.4 Å². The van der Waals surface area contributed by atoms with Crippen LogP contribution in [0.2, 0.25) is 0 Å². The molecule has 0 atom stereocenters. The maximum atomic E-state index is 13.1. The minimum atomic E-state index is -0.339. The molecule has 162 valence electrons. The number of aryl methyl sites for hydroxylation is 2. The third-order valence-electron chi connectivity index (χ3n) is 4.88. The summed E-state index contributed by atoms with van der Waals surface area (Å²) in [5.74, 6) is 0.473. The van der Waals surface area contributed by atoms with Gasteiger partial charge in [-0.25, -0.2) is 9.97 Å². The van der Waals surface area contributed by atoms with Crippen LogP contribution < -0.4 is 21.9 Å². The minimum absolute atomic E-state index is 0.157. The monoisotopic (exact) mass is 422 g/mol. The Hall–Kier alpha value is -3.88. The lowest BCUT2D eigenvalue weighted by Gasteiger charge is -2.16. The second-order valence-corrected chi connectivity index (χ2v) is 7.28. The van der Waals surface area contributed by atoms with Gasteiger partial charge in [0.05, 0.1) is 5.69 Å². The summed E-state index contributed by atoms with van der Waals surface area (Å²) in [4.78, 5) is 33.0.